The number of aromatic nitrogens is 1. The Labute approximate surface area is 83.9 Å². The van der Waals surface area contributed by atoms with Gasteiger partial charge in [-0.25, -0.2) is 0 Å². The fourth-order valence-electron chi connectivity index (χ4n) is 1.05. The van der Waals surface area contributed by atoms with Gasteiger partial charge in [0.05, 0.1) is 0 Å². The van der Waals surface area contributed by atoms with Gasteiger partial charge in [-0.15, -0.1) is 0 Å². The standard InChI is InChI=1S/C10H16N2S/c1-2-6-13-8-10(11)9-4-3-5-12-7-9/h3-5,7,10H,2,6,8,11H2,1H3. The summed E-state index contributed by atoms with van der Waals surface area (Å²) in [7, 11) is 0. The molecule has 2 nitrogen and oxygen atoms in total. The van der Waals surface area contributed by atoms with E-state index in [1.54, 1.807) is 6.20 Å². The number of hydrogen-bond donors (Lipinski definition) is 1. The molecule has 0 amide bonds. The molecule has 1 heterocycles. The van der Waals surface area contributed by atoms with E-state index < -0.39 is 0 Å². The van der Waals surface area contributed by atoms with E-state index in [1.807, 2.05) is 30.1 Å². The molecule has 0 aliphatic rings. The molecule has 1 aromatic heterocycles. The number of nitrogens with zero attached hydrogens (tertiary/aromatic N) is 1. The highest BCUT2D eigenvalue weighted by Gasteiger charge is 2.04. The van der Waals surface area contributed by atoms with Crippen LogP contribution in [0.4, 0.5) is 0 Å². The van der Waals surface area contributed by atoms with Crippen molar-refractivity contribution in [2.75, 3.05) is 11.5 Å². The summed E-state index contributed by atoms with van der Waals surface area (Å²) < 4.78 is 0. The Morgan fingerprint density at radius 1 is 1.62 bits per heavy atom. The SMILES string of the molecule is CCCSCC(N)c1cccnc1. The van der Waals surface area contributed by atoms with Gasteiger partial charge in [-0.05, 0) is 23.8 Å². The third-order valence-electron chi connectivity index (χ3n) is 1.76. The van der Waals surface area contributed by atoms with Crippen molar-refractivity contribution in [2.45, 2.75) is 19.4 Å². The molecular formula is C10H16N2S. The van der Waals surface area contributed by atoms with Crippen molar-refractivity contribution < 1.29 is 0 Å². The quantitative estimate of drug-likeness (QED) is 0.734. The maximum atomic E-state index is 5.97. The summed E-state index contributed by atoms with van der Waals surface area (Å²) in [6.07, 6.45) is 4.83. The van der Waals surface area contributed by atoms with Crippen molar-refractivity contribution in [1.82, 2.24) is 4.98 Å². The summed E-state index contributed by atoms with van der Waals surface area (Å²) in [4.78, 5) is 4.04. The molecule has 13 heavy (non-hydrogen) atoms. The minimum absolute atomic E-state index is 0.130. The van der Waals surface area contributed by atoms with E-state index in [4.69, 9.17) is 5.73 Å². The third kappa shape index (κ3) is 3.79. The number of rotatable bonds is 5. The summed E-state index contributed by atoms with van der Waals surface area (Å²) in [5.74, 6) is 2.17. The average molecular weight is 196 g/mol. The zero-order valence-electron chi connectivity index (χ0n) is 7.94. The monoisotopic (exact) mass is 196 g/mol. The van der Waals surface area contributed by atoms with Crippen LogP contribution in [0.5, 0.6) is 0 Å². The highest BCUT2D eigenvalue weighted by Crippen LogP contribution is 2.14. The van der Waals surface area contributed by atoms with E-state index in [1.165, 1.54) is 12.2 Å². The van der Waals surface area contributed by atoms with Crippen LogP contribution < -0.4 is 5.73 Å². The van der Waals surface area contributed by atoms with Gasteiger partial charge in [-0.3, -0.25) is 4.98 Å². The first kappa shape index (κ1) is 10.5. The highest BCUT2D eigenvalue weighted by atomic mass is 32.2. The van der Waals surface area contributed by atoms with Crippen molar-refractivity contribution in [2.24, 2.45) is 5.73 Å². The van der Waals surface area contributed by atoms with Crippen LogP contribution in [0.25, 0.3) is 0 Å². The van der Waals surface area contributed by atoms with Crippen LogP contribution in [0, 0.1) is 0 Å². The van der Waals surface area contributed by atoms with Gasteiger partial charge in [0.2, 0.25) is 0 Å². The molecule has 1 rings (SSSR count). The molecule has 1 atom stereocenters. The lowest BCUT2D eigenvalue weighted by Crippen LogP contribution is -2.13. The summed E-state index contributed by atoms with van der Waals surface area (Å²) in [6.45, 7) is 2.18. The Kier molecular flexibility index (Phi) is 4.86. The normalized spacial score (nSPS) is 12.8. The zero-order chi connectivity index (χ0) is 9.52. The molecule has 1 unspecified atom stereocenters. The summed E-state index contributed by atoms with van der Waals surface area (Å²) in [6, 6.07) is 4.09. The Morgan fingerprint density at radius 2 is 2.46 bits per heavy atom. The van der Waals surface area contributed by atoms with Crippen LogP contribution in [0.1, 0.15) is 24.9 Å². The van der Waals surface area contributed by atoms with Crippen LogP contribution in [-0.2, 0) is 0 Å². The molecule has 0 aromatic carbocycles. The number of nitrogens with two attached hydrogens (primary N) is 1. The van der Waals surface area contributed by atoms with Gasteiger partial charge in [0.25, 0.3) is 0 Å². The molecule has 0 bridgehead atoms. The minimum Gasteiger partial charge on any atom is -0.323 e. The lowest BCUT2D eigenvalue weighted by Gasteiger charge is -2.10. The molecule has 2 N–H and O–H groups in total. The third-order valence-corrected chi connectivity index (χ3v) is 3.05. The molecule has 0 saturated heterocycles. The molecule has 0 radical (unpaired) electrons. The molecule has 72 valence electrons. The Bertz CT molecular complexity index is 226. The molecule has 3 heteroatoms. The van der Waals surface area contributed by atoms with Crippen molar-refractivity contribution in [3.63, 3.8) is 0 Å². The second-order valence-corrected chi connectivity index (χ2v) is 4.12. The molecule has 0 fully saturated rings. The van der Waals surface area contributed by atoms with Crippen molar-refractivity contribution in [3.8, 4) is 0 Å². The topological polar surface area (TPSA) is 38.9 Å². The molecule has 1 aromatic rings. The maximum Gasteiger partial charge on any atom is 0.0402 e. The fourth-order valence-corrected chi connectivity index (χ4v) is 1.95. The van der Waals surface area contributed by atoms with E-state index in [0.717, 1.165) is 11.3 Å². The Morgan fingerprint density at radius 3 is 3.08 bits per heavy atom. The van der Waals surface area contributed by atoms with Gasteiger partial charge < -0.3 is 5.73 Å². The largest absolute Gasteiger partial charge is 0.323 e. The first-order chi connectivity index (χ1) is 6.34. The van der Waals surface area contributed by atoms with Gasteiger partial charge in [0.15, 0.2) is 0 Å². The lowest BCUT2D eigenvalue weighted by molar-refractivity contribution is 0.823. The van der Waals surface area contributed by atoms with Crippen LogP contribution in [-0.4, -0.2) is 16.5 Å². The first-order valence-electron chi connectivity index (χ1n) is 4.58. The second-order valence-electron chi connectivity index (χ2n) is 2.97. The zero-order valence-corrected chi connectivity index (χ0v) is 8.76. The van der Waals surface area contributed by atoms with E-state index >= 15 is 0 Å². The fraction of sp³-hybridized carbons (Fsp3) is 0.500. The van der Waals surface area contributed by atoms with Crippen molar-refractivity contribution in [3.05, 3.63) is 30.1 Å². The molecule has 0 spiro atoms. The molecular weight excluding hydrogens is 180 g/mol. The van der Waals surface area contributed by atoms with Crippen molar-refractivity contribution >= 4 is 11.8 Å². The predicted octanol–water partition coefficient (Wildman–Crippen LogP) is 2.22. The highest BCUT2D eigenvalue weighted by molar-refractivity contribution is 7.99. The van der Waals surface area contributed by atoms with E-state index in [2.05, 4.69) is 11.9 Å². The Hall–Kier alpha value is -0.540. The lowest BCUT2D eigenvalue weighted by atomic mass is 10.2. The van der Waals surface area contributed by atoms with E-state index in [0.29, 0.717) is 0 Å². The molecule has 0 saturated carbocycles. The number of hydrogen-bond acceptors (Lipinski definition) is 3. The van der Waals surface area contributed by atoms with Gasteiger partial charge in [-0.2, -0.15) is 11.8 Å². The summed E-state index contributed by atoms with van der Waals surface area (Å²) >= 11 is 1.90. The average Bonchev–Trinajstić information content (AvgIpc) is 2.19. The Balaban J connectivity index is 2.35. The predicted molar refractivity (Wildman–Crippen MR) is 58.8 cm³/mol. The molecule has 0 aliphatic heterocycles. The van der Waals surface area contributed by atoms with Gasteiger partial charge in [0.1, 0.15) is 0 Å². The van der Waals surface area contributed by atoms with E-state index in [-0.39, 0.29) is 6.04 Å². The smallest absolute Gasteiger partial charge is 0.0402 e. The van der Waals surface area contributed by atoms with Gasteiger partial charge >= 0.3 is 0 Å². The van der Waals surface area contributed by atoms with Gasteiger partial charge in [-0.1, -0.05) is 13.0 Å². The summed E-state index contributed by atoms with van der Waals surface area (Å²) in [5, 5.41) is 0. The molecule has 0 aliphatic carbocycles. The van der Waals surface area contributed by atoms with Crippen LogP contribution in [0.15, 0.2) is 24.5 Å². The summed E-state index contributed by atoms with van der Waals surface area (Å²) in [5.41, 5.74) is 7.11. The number of pyridine rings is 1. The second kappa shape index (κ2) is 6.00. The van der Waals surface area contributed by atoms with E-state index in [9.17, 15) is 0 Å². The van der Waals surface area contributed by atoms with Crippen molar-refractivity contribution in [1.29, 1.82) is 0 Å². The maximum absolute atomic E-state index is 5.97. The minimum atomic E-state index is 0.130. The number of thioether (sulfide) groups is 1. The van der Waals surface area contributed by atoms with Crippen LogP contribution >= 0.6 is 11.8 Å². The first-order valence-corrected chi connectivity index (χ1v) is 5.73. The van der Waals surface area contributed by atoms with Gasteiger partial charge in [0, 0.05) is 24.2 Å². The van der Waals surface area contributed by atoms with Crippen LogP contribution in [0.2, 0.25) is 0 Å². The van der Waals surface area contributed by atoms with Crippen LogP contribution in [0.3, 0.4) is 0 Å².